The van der Waals surface area contributed by atoms with Crippen LogP contribution in [0.5, 0.6) is 11.5 Å². The molecule has 2 aromatic carbocycles. The van der Waals surface area contributed by atoms with E-state index in [1.165, 1.54) is 32.0 Å². The summed E-state index contributed by atoms with van der Waals surface area (Å²) >= 11 is 1.05. The van der Waals surface area contributed by atoms with Crippen LogP contribution in [-0.4, -0.2) is 38.4 Å². The number of carbonyl (C=O) groups excluding carboxylic acids is 1. The number of methoxy groups -OCH3 is 3. The van der Waals surface area contributed by atoms with E-state index in [0.29, 0.717) is 21.8 Å². The maximum Gasteiger partial charge on any atom is 0.252 e. The lowest BCUT2D eigenvalue weighted by molar-refractivity contribution is -0.117. The molecule has 3 rings (SSSR count). The summed E-state index contributed by atoms with van der Waals surface area (Å²) in [6.07, 6.45) is -0.0114. The van der Waals surface area contributed by atoms with Crippen LogP contribution >= 0.6 is 11.3 Å². The van der Waals surface area contributed by atoms with Gasteiger partial charge in [-0.15, -0.1) is 0 Å². The smallest absolute Gasteiger partial charge is 0.252 e. The highest BCUT2D eigenvalue weighted by Gasteiger charge is 2.15. The number of halogens is 2. The van der Waals surface area contributed by atoms with Gasteiger partial charge >= 0.3 is 0 Å². The number of aromatic nitrogens is 1. The number of amides is 1. The first-order valence-corrected chi connectivity index (χ1v) is 9.54. The predicted molar refractivity (Wildman–Crippen MR) is 105 cm³/mol. The summed E-state index contributed by atoms with van der Waals surface area (Å²) in [5.74, 6) is -0.722. The predicted octanol–water partition coefficient (Wildman–Crippen LogP) is 3.31. The van der Waals surface area contributed by atoms with Crippen molar-refractivity contribution in [3.05, 3.63) is 52.3 Å². The lowest BCUT2D eigenvalue weighted by Crippen LogP contribution is -2.20. The van der Waals surface area contributed by atoms with E-state index in [1.807, 2.05) is 0 Å². The number of hydrogen-bond acceptors (Lipinski definition) is 5. The molecule has 0 aliphatic carbocycles. The Balaban J connectivity index is 2.01. The average molecular weight is 422 g/mol. The highest BCUT2D eigenvalue weighted by Crippen LogP contribution is 2.25. The molecular weight excluding hydrogens is 402 g/mol. The SMILES string of the molecule is COCCn1c(=NC(=O)Cc2ccc(OC)cc2OC)sc2cc(F)cc(F)c21. The van der Waals surface area contributed by atoms with E-state index in [4.69, 9.17) is 14.2 Å². The molecule has 0 aliphatic heterocycles. The zero-order chi connectivity index (χ0) is 21.0. The fraction of sp³-hybridized carbons (Fsp3) is 0.300. The lowest BCUT2D eigenvalue weighted by Gasteiger charge is -2.09. The molecule has 0 aliphatic rings. The van der Waals surface area contributed by atoms with E-state index in [-0.39, 0.29) is 29.9 Å². The highest BCUT2D eigenvalue weighted by atomic mass is 32.1. The molecule has 1 heterocycles. The normalized spacial score (nSPS) is 11.8. The maximum absolute atomic E-state index is 14.4. The van der Waals surface area contributed by atoms with Crippen molar-refractivity contribution < 1.29 is 27.8 Å². The van der Waals surface area contributed by atoms with Crippen LogP contribution in [0.4, 0.5) is 8.78 Å². The molecule has 0 unspecified atom stereocenters. The van der Waals surface area contributed by atoms with E-state index >= 15 is 0 Å². The summed E-state index contributed by atoms with van der Waals surface area (Å²) in [4.78, 5) is 17.0. The van der Waals surface area contributed by atoms with Gasteiger partial charge in [0.1, 0.15) is 17.3 Å². The number of hydrogen-bond donors (Lipinski definition) is 0. The molecular formula is C20H20F2N2O4S. The zero-order valence-electron chi connectivity index (χ0n) is 16.2. The quantitative estimate of drug-likeness (QED) is 0.586. The van der Waals surface area contributed by atoms with Crippen LogP contribution in [0.1, 0.15) is 5.56 Å². The number of thiazole rings is 1. The summed E-state index contributed by atoms with van der Waals surface area (Å²) in [5, 5.41) is 0. The van der Waals surface area contributed by atoms with Gasteiger partial charge in [0.2, 0.25) is 0 Å². The second-order valence-corrected chi connectivity index (χ2v) is 7.13. The van der Waals surface area contributed by atoms with Crippen LogP contribution in [0, 0.1) is 11.6 Å². The van der Waals surface area contributed by atoms with Crippen LogP contribution in [0.2, 0.25) is 0 Å². The summed E-state index contributed by atoms with van der Waals surface area (Å²) in [5.41, 5.74) is 0.839. The Kier molecular flexibility index (Phi) is 6.60. The first-order chi connectivity index (χ1) is 14.0. The molecule has 0 radical (unpaired) electrons. The van der Waals surface area contributed by atoms with E-state index < -0.39 is 17.5 Å². The zero-order valence-corrected chi connectivity index (χ0v) is 17.0. The van der Waals surface area contributed by atoms with Crippen molar-refractivity contribution in [1.29, 1.82) is 0 Å². The largest absolute Gasteiger partial charge is 0.497 e. The molecule has 0 bridgehead atoms. The second-order valence-electron chi connectivity index (χ2n) is 6.12. The first-order valence-electron chi connectivity index (χ1n) is 8.72. The van der Waals surface area contributed by atoms with Crippen LogP contribution < -0.4 is 14.3 Å². The molecule has 0 saturated carbocycles. The number of benzene rings is 2. The second kappa shape index (κ2) is 9.15. The lowest BCUT2D eigenvalue weighted by atomic mass is 10.1. The van der Waals surface area contributed by atoms with Crippen molar-refractivity contribution in [3.63, 3.8) is 0 Å². The van der Waals surface area contributed by atoms with Crippen molar-refractivity contribution in [2.24, 2.45) is 4.99 Å². The summed E-state index contributed by atoms with van der Waals surface area (Å²) < 4.78 is 45.4. The third-order valence-corrected chi connectivity index (χ3v) is 5.30. The third-order valence-electron chi connectivity index (χ3n) is 4.27. The summed E-state index contributed by atoms with van der Waals surface area (Å²) in [6.45, 7) is 0.563. The van der Waals surface area contributed by atoms with Crippen molar-refractivity contribution in [1.82, 2.24) is 4.57 Å². The topological polar surface area (TPSA) is 62.1 Å². The Morgan fingerprint density at radius 2 is 1.93 bits per heavy atom. The number of nitrogens with zero attached hydrogens (tertiary/aromatic N) is 2. The molecule has 154 valence electrons. The highest BCUT2D eigenvalue weighted by molar-refractivity contribution is 7.16. The van der Waals surface area contributed by atoms with Crippen LogP contribution in [0.3, 0.4) is 0 Å². The molecule has 1 amide bonds. The minimum absolute atomic E-state index is 0.0114. The summed E-state index contributed by atoms with van der Waals surface area (Å²) in [7, 11) is 4.56. The van der Waals surface area contributed by atoms with Crippen molar-refractivity contribution in [3.8, 4) is 11.5 Å². The van der Waals surface area contributed by atoms with Gasteiger partial charge in [-0.05, 0) is 12.1 Å². The Morgan fingerprint density at radius 1 is 1.14 bits per heavy atom. The van der Waals surface area contributed by atoms with Gasteiger partial charge in [0, 0.05) is 31.4 Å². The van der Waals surface area contributed by atoms with Gasteiger partial charge in [-0.3, -0.25) is 4.79 Å². The minimum atomic E-state index is -0.710. The Bertz CT molecular complexity index is 1110. The number of fused-ring (bicyclic) bond motifs is 1. The van der Waals surface area contributed by atoms with Crippen LogP contribution in [0.25, 0.3) is 10.2 Å². The maximum atomic E-state index is 14.4. The van der Waals surface area contributed by atoms with Gasteiger partial charge in [-0.1, -0.05) is 17.4 Å². The molecule has 0 atom stereocenters. The number of rotatable bonds is 7. The van der Waals surface area contributed by atoms with Gasteiger partial charge in [-0.2, -0.15) is 4.99 Å². The minimum Gasteiger partial charge on any atom is -0.497 e. The fourth-order valence-corrected chi connectivity index (χ4v) is 4.02. The summed E-state index contributed by atoms with van der Waals surface area (Å²) in [6, 6.07) is 7.17. The Labute approximate surface area is 170 Å². The van der Waals surface area contributed by atoms with E-state index in [9.17, 15) is 13.6 Å². The van der Waals surface area contributed by atoms with Gasteiger partial charge < -0.3 is 18.8 Å². The van der Waals surface area contributed by atoms with Gasteiger partial charge in [0.05, 0.1) is 37.5 Å². The van der Waals surface area contributed by atoms with Crippen LogP contribution in [0.15, 0.2) is 35.3 Å². The van der Waals surface area contributed by atoms with Gasteiger partial charge in [0.15, 0.2) is 10.6 Å². The molecule has 29 heavy (non-hydrogen) atoms. The first kappa shape index (κ1) is 20.9. The standard InChI is InChI=1S/C20H20F2N2O4S/c1-26-7-6-24-19-15(22)9-13(21)10-17(19)29-20(24)23-18(25)8-12-4-5-14(27-2)11-16(12)28-3/h4-5,9-11H,6-8H2,1-3H3. The molecule has 3 aromatic rings. The van der Waals surface area contributed by atoms with Crippen molar-refractivity contribution >= 4 is 27.5 Å². The number of ether oxygens (including phenoxy) is 3. The molecule has 0 N–H and O–H groups in total. The van der Waals surface area contributed by atoms with E-state index in [2.05, 4.69) is 4.99 Å². The molecule has 9 heteroatoms. The van der Waals surface area contributed by atoms with Gasteiger partial charge in [0.25, 0.3) is 5.91 Å². The van der Waals surface area contributed by atoms with Crippen LogP contribution in [-0.2, 0) is 22.5 Å². The monoisotopic (exact) mass is 422 g/mol. The van der Waals surface area contributed by atoms with Gasteiger partial charge in [-0.25, -0.2) is 8.78 Å². The van der Waals surface area contributed by atoms with Crippen molar-refractivity contribution in [2.75, 3.05) is 27.9 Å². The van der Waals surface area contributed by atoms with Crippen molar-refractivity contribution in [2.45, 2.75) is 13.0 Å². The number of carbonyl (C=O) groups is 1. The van der Waals surface area contributed by atoms with E-state index in [0.717, 1.165) is 17.4 Å². The Hall–Kier alpha value is -2.78. The average Bonchev–Trinajstić information content (AvgIpc) is 3.03. The molecule has 0 spiro atoms. The Morgan fingerprint density at radius 3 is 2.62 bits per heavy atom. The molecule has 1 aromatic heterocycles. The van der Waals surface area contributed by atoms with E-state index in [1.54, 1.807) is 18.2 Å². The molecule has 0 saturated heterocycles. The molecule has 6 nitrogen and oxygen atoms in total. The third kappa shape index (κ3) is 4.63. The molecule has 0 fully saturated rings. The fourth-order valence-electron chi connectivity index (χ4n) is 2.91.